The summed E-state index contributed by atoms with van der Waals surface area (Å²) >= 11 is 0. The number of para-hydroxylation sites is 1. The lowest BCUT2D eigenvalue weighted by Crippen LogP contribution is -2.45. The standard InChI is InChI=1S/C28H27F3N4O4S/c1-3-16-32-25-19(2)6-4-7-22(25)40(38,39)34-21-12-10-20(11-13-21)26(36)35-17-14-27(37,15-18-35)23-8-5-9-24(33-23)28(29,30)31/h3-13,16,34,37H,1,14-15,17-18H2,2H3. The van der Waals surface area contributed by atoms with Gasteiger partial charge in [0.1, 0.15) is 16.2 Å². The highest BCUT2D eigenvalue weighted by Gasteiger charge is 2.39. The van der Waals surface area contributed by atoms with E-state index in [1.807, 2.05) is 0 Å². The Kier molecular flexibility index (Phi) is 8.13. The number of rotatable bonds is 7. The highest BCUT2D eigenvalue weighted by atomic mass is 32.2. The predicted octanol–water partition coefficient (Wildman–Crippen LogP) is 5.22. The van der Waals surface area contributed by atoms with E-state index >= 15 is 0 Å². The maximum atomic E-state index is 13.1. The van der Waals surface area contributed by atoms with Crippen molar-refractivity contribution in [3.8, 4) is 0 Å². The zero-order valence-electron chi connectivity index (χ0n) is 21.5. The molecule has 12 heteroatoms. The van der Waals surface area contributed by atoms with E-state index < -0.39 is 27.5 Å². The molecule has 4 rings (SSSR count). The van der Waals surface area contributed by atoms with E-state index in [1.165, 1.54) is 59.7 Å². The van der Waals surface area contributed by atoms with Gasteiger partial charge in [0.05, 0.1) is 11.4 Å². The Morgan fingerprint density at radius 3 is 2.38 bits per heavy atom. The lowest BCUT2D eigenvalue weighted by atomic mass is 9.87. The molecular weight excluding hydrogens is 545 g/mol. The number of carbonyl (C=O) groups is 1. The average Bonchev–Trinajstić information content (AvgIpc) is 2.92. The van der Waals surface area contributed by atoms with Gasteiger partial charge in [-0.25, -0.2) is 13.4 Å². The number of aliphatic imine (C=N–C) groups is 1. The van der Waals surface area contributed by atoms with Crippen molar-refractivity contribution in [3.05, 3.63) is 95.8 Å². The van der Waals surface area contributed by atoms with Crippen molar-refractivity contribution >= 4 is 33.5 Å². The Morgan fingerprint density at radius 1 is 1.10 bits per heavy atom. The fraction of sp³-hybridized carbons (Fsp3) is 0.250. The van der Waals surface area contributed by atoms with Gasteiger partial charge in [-0.05, 0) is 67.8 Å². The van der Waals surface area contributed by atoms with Gasteiger partial charge in [-0.2, -0.15) is 13.2 Å². The third kappa shape index (κ3) is 6.23. The molecule has 210 valence electrons. The maximum Gasteiger partial charge on any atom is 0.433 e. The number of halogens is 3. The van der Waals surface area contributed by atoms with Crippen molar-refractivity contribution < 1.29 is 31.5 Å². The molecule has 0 unspecified atom stereocenters. The summed E-state index contributed by atoms with van der Waals surface area (Å²) in [5, 5.41) is 11.0. The number of piperidine rings is 1. The highest BCUT2D eigenvalue weighted by Crippen LogP contribution is 2.35. The molecule has 0 saturated carbocycles. The Balaban J connectivity index is 1.44. The molecule has 1 aromatic heterocycles. The van der Waals surface area contributed by atoms with Crippen LogP contribution in [0.25, 0.3) is 0 Å². The van der Waals surface area contributed by atoms with Gasteiger partial charge in [-0.1, -0.05) is 30.9 Å². The van der Waals surface area contributed by atoms with Crippen LogP contribution >= 0.6 is 0 Å². The zero-order chi connectivity index (χ0) is 29.1. The first-order valence-electron chi connectivity index (χ1n) is 12.3. The molecule has 0 atom stereocenters. The van der Waals surface area contributed by atoms with Gasteiger partial charge < -0.3 is 10.0 Å². The summed E-state index contributed by atoms with van der Waals surface area (Å²) in [7, 11) is -4.00. The fourth-order valence-corrected chi connectivity index (χ4v) is 5.69. The lowest BCUT2D eigenvalue weighted by molar-refractivity contribution is -0.141. The van der Waals surface area contributed by atoms with Crippen LogP contribution in [0.2, 0.25) is 0 Å². The average molecular weight is 573 g/mol. The van der Waals surface area contributed by atoms with Gasteiger partial charge in [-0.3, -0.25) is 14.5 Å². The number of hydrogen-bond donors (Lipinski definition) is 2. The number of nitrogens with zero attached hydrogens (tertiary/aromatic N) is 3. The summed E-state index contributed by atoms with van der Waals surface area (Å²) in [6.07, 6.45) is -1.77. The van der Waals surface area contributed by atoms with E-state index in [0.29, 0.717) is 5.56 Å². The van der Waals surface area contributed by atoms with Gasteiger partial charge >= 0.3 is 6.18 Å². The smallest absolute Gasteiger partial charge is 0.383 e. The van der Waals surface area contributed by atoms with Crippen molar-refractivity contribution in [2.45, 2.75) is 36.4 Å². The van der Waals surface area contributed by atoms with Crippen LogP contribution in [0.1, 0.15) is 40.2 Å². The van der Waals surface area contributed by atoms with Gasteiger partial charge in [0, 0.05) is 30.6 Å². The number of carbonyl (C=O) groups excluding carboxylic acids is 1. The summed E-state index contributed by atoms with van der Waals surface area (Å²) in [4.78, 5) is 22.3. The number of aromatic nitrogens is 1. The number of allylic oxidation sites excluding steroid dienone is 1. The number of aryl methyl sites for hydroxylation is 1. The Labute approximate surface area is 230 Å². The minimum atomic E-state index is -4.63. The second-order valence-corrected chi connectivity index (χ2v) is 11.0. The van der Waals surface area contributed by atoms with E-state index in [0.717, 1.165) is 6.07 Å². The number of aliphatic hydroxyl groups is 1. The third-order valence-electron chi connectivity index (χ3n) is 6.58. The Bertz CT molecular complexity index is 1550. The van der Waals surface area contributed by atoms with Crippen LogP contribution in [0.15, 0.2) is 83.2 Å². The Hall–Kier alpha value is -4.03. The number of likely N-dealkylation sites (tertiary alicyclic amines) is 1. The molecule has 2 N–H and O–H groups in total. The molecule has 2 heterocycles. The van der Waals surface area contributed by atoms with Crippen LogP contribution in [0.4, 0.5) is 24.5 Å². The zero-order valence-corrected chi connectivity index (χ0v) is 22.3. The first kappa shape index (κ1) is 29.0. The van der Waals surface area contributed by atoms with E-state index in [-0.39, 0.29) is 59.4 Å². The molecule has 1 aliphatic heterocycles. The van der Waals surface area contributed by atoms with E-state index in [4.69, 9.17) is 0 Å². The topological polar surface area (TPSA) is 112 Å². The van der Waals surface area contributed by atoms with Crippen molar-refractivity contribution in [2.75, 3.05) is 17.8 Å². The van der Waals surface area contributed by atoms with Crippen molar-refractivity contribution in [1.82, 2.24) is 9.88 Å². The predicted molar refractivity (Wildman–Crippen MR) is 145 cm³/mol. The van der Waals surface area contributed by atoms with Gasteiger partial charge in [-0.15, -0.1) is 0 Å². The van der Waals surface area contributed by atoms with Crippen molar-refractivity contribution in [3.63, 3.8) is 0 Å². The van der Waals surface area contributed by atoms with Crippen LogP contribution in [0.5, 0.6) is 0 Å². The van der Waals surface area contributed by atoms with Gasteiger partial charge in [0.25, 0.3) is 15.9 Å². The third-order valence-corrected chi connectivity index (χ3v) is 7.99. The lowest BCUT2D eigenvalue weighted by Gasteiger charge is -2.38. The summed E-state index contributed by atoms with van der Waals surface area (Å²) in [6, 6.07) is 14.0. The summed E-state index contributed by atoms with van der Waals surface area (Å²) in [5.41, 5.74) is -1.29. The molecule has 8 nitrogen and oxygen atoms in total. The second kappa shape index (κ2) is 11.2. The van der Waals surface area contributed by atoms with Crippen molar-refractivity contribution in [1.29, 1.82) is 0 Å². The van der Waals surface area contributed by atoms with E-state index in [2.05, 4.69) is 21.3 Å². The number of nitrogens with one attached hydrogen (secondary N) is 1. The summed E-state index contributed by atoms with van der Waals surface area (Å²) in [5.74, 6) is -0.354. The molecule has 1 amide bonds. The minimum Gasteiger partial charge on any atom is -0.383 e. The monoisotopic (exact) mass is 572 g/mol. The summed E-state index contributed by atoms with van der Waals surface area (Å²) in [6.45, 7) is 5.50. The van der Waals surface area contributed by atoms with Crippen LogP contribution < -0.4 is 4.72 Å². The molecule has 1 fully saturated rings. The van der Waals surface area contributed by atoms with Crippen LogP contribution in [0.3, 0.4) is 0 Å². The molecule has 0 aliphatic carbocycles. The number of alkyl halides is 3. The normalized spacial score (nSPS) is 15.7. The van der Waals surface area contributed by atoms with Gasteiger partial charge in [0.2, 0.25) is 0 Å². The Morgan fingerprint density at radius 2 is 1.75 bits per heavy atom. The summed E-state index contributed by atoms with van der Waals surface area (Å²) < 4.78 is 67.8. The maximum absolute atomic E-state index is 13.1. The molecule has 1 saturated heterocycles. The molecule has 1 aliphatic rings. The van der Waals surface area contributed by atoms with Crippen LogP contribution in [-0.4, -0.2) is 48.6 Å². The first-order chi connectivity index (χ1) is 18.8. The molecular formula is C28H27F3N4O4S. The molecule has 0 spiro atoms. The minimum absolute atomic E-state index is 0.0120. The highest BCUT2D eigenvalue weighted by molar-refractivity contribution is 7.92. The fourth-order valence-electron chi connectivity index (χ4n) is 4.40. The molecule has 0 radical (unpaired) electrons. The number of anilines is 1. The van der Waals surface area contributed by atoms with Crippen LogP contribution in [-0.2, 0) is 21.8 Å². The molecule has 40 heavy (non-hydrogen) atoms. The first-order valence-corrected chi connectivity index (χ1v) is 13.8. The quantitative estimate of drug-likeness (QED) is 0.377. The molecule has 2 aromatic carbocycles. The second-order valence-electron chi connectivity index (χ2n) is 9.35. The van der Waals surface area contributed by atoms with Gasteiger partial charge in [0.15, 0.2) is 0 Å². The molecule has 0 bridgehead atoms. The largest absolute Gasteiger partial charge is 0.433 e. The van der Waals surface area contributed by atoms with E-state index in [9.17, 15) is 31.5 Å². The number of benzene rings is 2. The SMILES string of the molecule is C=CC=Nc1c(C)cccc1S(=O)(=O)Nc1ccc(C(=O)N2CCC(O)(c3cccc(C(F)(F)F)n3)CC2)cc1. The number of amides is 1. The number of pyridine rings is 1. The van der Waals surface area contributed by atoms with Crippen LogP contribution in [0, 0.1) is 6.92 Å². The number of hydrogen-bond acceptors (Lipinski definition) is 6. The van der Waals surface area contributed by atoms with E-state index in [1.54, 1.807) is 19.1 Å². The van der Waals surface area contributed by atoms with Crippen molar-refractivity contribution in [2.24, 2.45) is 4.99 Å². The number of sulfonamides is 1. The molecule has 3 aromatic rings.